The summed E-state index contributed by atoms with van der Waals surface area (Å²) in [4.78, 5) is 8.41. The Balaban J connectivity index is 2.28. The lowest BCUT2D eigenvalue weighted by molar-refractivity contribution is -0.0499. The van der Waals surface area contributed by atoms with Crippen LogP contribution in [0.25, 0.3) is 0 Å². The summed E-state index contributed by atoms with van der Waals surface area (Å²) in [5, 5.41) is 4.17. The fourth-order valence-corrected chi connectivity index (χ4v) is 2.10. The lowest BCUT2D eigenvalue weighted by Crippen LogP contribution is -2.09. The summed E-state index contributed by atoms with van der Waals surface area (Å²) in [5.74, 6) is 0.431. The number of hydrazone groups is 1. The number of hydrogen-bond donors (Lipinski definition) is 1. The quantitative estimate of drug-likeness (QED) is 0.672. The number of benzene rings is 1. The molecule has 23 heavy (non-hydrogen) atoms. The zero-order valence-electron chi connectivity index (χ0n) is 13.4. The van der Waals surface area contributed by atoms with E-state index in [0.717, 1.165) is 17.0 Å². The lowest BCUT2D eigenvalue weighted by atomic mass is 10.1. The Morgan fingerprint density at radius 2 is 1.78 bits per heavy atom. The summed E-state index contributed by atoms with van der Waals surface area (Å²) in [5.41, 5.74) is 6.26. The summed E-state index contributed by atoms with van der Waals surface area (Å²) in [6.45, 7) is 4.38. The summed E-state index contributed by atoms with van der Waals surface area (Å²) >= 11 is 0. The van der Waals surface area contributed by atoms with Gasteiger partial charge in [-0.2, -0.15) is 13.9 Å². The number of nitrogens with zero attached hydrogens (tertiary/aromatic N) is 3. The van der Waals surface area contributed by atoms with Gasteiger partial charge in [-0.15, -0.1) is 0 Å². The molecule has 7 heteroatoms. The molecule has 0 unspecified atom stereocenters. The van der Waals surface area contributed by atoms with Crippen molar-refractivity contribution < 1.29 is 13.5 Å². The van der Waals surface area contributed by atoms with Crippen molar-refractivity contribution in [3.8, 4) is 5.75 Å². The molecule has 1 N–H and O–H groups in total. The Kier molecular flexibility index (Phi) is 5.20. The van der Waals surface area contributed by atoms with Crippen molar-refractivity contribution in [2.45, 2.75) is 34.3 Å². The number of alkyl halides is 2. The molecule has 0 aliphatic rings. The number of aryl methyl sites for hydroxylation is 3. The Morgan fingerprint density at radius 1 is 1.13 bits per heavy atom. The van der Waals surface area contributed by atoms with Crippen molar-refractivity contribution in [1.29, 1.82) is 0 Å². The van der Waals surface area contributed by atoms with E-state index in [1.807, 2.05) is 26.8 Å². The molecule has 0 aliphatic heterocycles. The van der Waals surface area contributed by atoms with Gasteiger partial charge in [0.1, 0.15) is 5.75 Å². The molecule has 0 amide bonds. The molecular weight excluding hydrogens is 302 g/mol. The second-order valence-corrected chi connectivity index (χ2v) is 5.16. The van der Waals surface area contributed by atoms with E-state index in [-0.39, 0.29) is 5.75 Å². The van der Waals surface area contributed by atoms with Crippen molar-refractivity contribution >= 4 is 11.7 Å². The predicted molar refractivity (Wildman–Crippen MR) is 85.2 cm³/mol. The van der Waals surface area contributed by atoms with Gasteiger partial charge < -0.3 is 4.74 Å². The first-order valence-electron chi connectivity index (χ1n) is 7.03. The molecule has 5 nitrogen and oxygen atoms in total. The molecule has 2 rings (SSSR count). The van der Waals surface area contributed by atoms with E-state index in [1.165, 1.54) is 6.07 Å². The van der Waals surface area contributed by atoms with Crippen LogP contribution in [0.4, 0.5) is 14.7 Å². The van der Waals surface area contributed by atoms with Crippen molar-refractivity contribution in [2.24, 2.45) is 5.10 Å². The molecule has 0 radical (unpaired) electrons. The lowest BCUT2D eigenvalue weighted by Gasteiger charge is -2.11. The minimum Gasteiger partial charge on any atom is -0.434 e. The van der Waals surface area contributed by atoms with Gasteiger partial charge in [0, 0.05) is 17.0 Å². The van der Waals surface area contributed by atoms with Crippen LogP contribution in [-0.2, 0) is 0 Å². The summed E-state index contributed by atoms with van der Waals surface area (Å²) in [7, 11) is 0. The molecule has 0 saturated carbocycles. The highest BCUT2D eigenvalue weighted by Gasteiger charge is 2.12. The fourth-order valence-electron chi connectivity index (χ4n) is 2.10. The monoisotopic (exact) mass is 320 g/mol. The van der Waals surface area contributed by atoms with Crippen LogP contribution < -0.4 is 10.2 Å². The number of aromatic nitrogens is 2. The Labute approximate surface area is 133 Å². The van der Waals surface area contributed by atoms with E-state index >= 15 is 0 Å². The van der Waals surface area contributed by atoms with Crippen LogP contribution in [-0.4, -0.2) is 22.3 Å². The van der Waals surface area contributed by atoms with Crippen LogP contribution >= 0.6 is 0 Å². The molecule has 0 fully saturated rings. The van der Waals surface area contributed by atoms with E-state index in [9.17, 15) is 8.78 Å². The minimum atomic E-state index is -2.89. The Morgan fingerprint density at radius 3 is 2.39 bits per heavy atom. The standard InChI is InChI=1S/C16H18F2N4O/c1-9-5-6-14(23-15(17)18)13(7-9)12(4)21-22-16-19-10(2)8-11(3)20-16/h5-8,15H,1-4H3,(H,19,20,22)/b21-12-. The van der Waals surface area contributed by atoms with Gasteiger partial charge >= 0.3 is 6.61 Å². The molecule has 1 heterocycles. The maximum absolute atomic E-state index is 12.5. The zero-order chi connectivity index (χ0) is 17.0. The average Bonchev–Trinajstić information content (AvgIpc) is 2.45. The van der Waals surface area contributed by atoms with Gasteiger partial charge in [0.2, 0.25) is 5.95 Å². The Hall–Kier alpha value is -2.57. The van der Waals surface area contributed by atoms with Gasteiger partial charge in [0.25, 0.3) is 0 Å². The molecule has 1 aromatic carbocycles. The molecule has 0 bridgehead atoms. The highest BCUT2D eigenvalue weighted by molar-refractivity contribution is 6.01. The minimum absolute atomic E-state index is 0.0787. The molecule has 0 saturated heterocycles. The number of rotatable bonds is 5. The number of halogens is 2. The first-order chi connectivity index (χ1) is 10.8. The molecule has 0 spiro atoms. The van der Waals surface area contributed by atoms with E-state index in [2.05, 4.69) is 25.2 Å². The highest BCUT2D eigenvalue weighted by Crippen LogP contribution is 2.23. The van der Waals surface area contributed by atoms with Crippen molar-refractivity contribution in [2.75, 3.05) is 5.43 Å². The average molecular weight is 320 g/mol. The van der Waals surface area contributed by atoms with E-state index < -0.39 is 6.61 Å². The first kappa shape index (κ1) is 16.8. The van der Waals surface area contributed by atoms with Crippen LogP contribution in [0.3, 0.4) is 0 Å². The smallest absolute Gasteiger partial charge is 0.387 e. The summed E-state index contributed by atoms with van der Waals surface area (Å²) in [6.07, 6.45) is 0. The largest absolute Gasteiger partial charge is 0.434 e. The third kappa shape index (κ3) is 4.70. The first-order valence-corrected chi connectivity index (χ1v) is 7.03. The molecular formula is C16H18F2N4O. The van der Waals surface area contributed by atoms with E-state index in [4.69, 9.17) is 0 Å². The Bertz CT molecular complexity index is 712. The molecule has 2 aromatic rings. The number of nitrogens with one attached hydrogen (secondary N) is 1. The maximum atomic E-state index is 12.5. The summed E-state index contributed by atoms with van der Waals surface area (Å²) < 4.78 is 29.6. The number of ether oxygens (including phenoxy) is 1. The van der Waals surface area contributed by atoms with Crippen molar-refractivity contribution in [1.82, 2.24) is 9.97 Å². The van der Waals surface area contributed by atoms with Gasteiger partial charge in [0.15, 0.2) is 0 Å². The van der Waals surface area contributed by atoms with Gasteiger partial charge in [-0.25, -0.2) is 15.4 Å². The SMILES string of the molecule is C/C(=N/Nc1nc(C)cc(C)n1)c1cc(C)ccc1OC(F)F. The summed E-state index contributed by atoms with van der Waals surface area (Å²) in [6, 6.07) is 6.79. The van der Waals surface area contributed by atoms with Gasteiger partial charge in [0.05, 0.1) is 5.71 Å². The fraction of sp³-hybridized carbons (Fsp3) is 0.312. The van der Waals surface area contributed by atoms with Gasteiger partial charge in [-0.3, -0.25) is 0 Å². The second-order valence-electron chi connectivity index (χ2n) is 5.16. The highest BCUT2D eigenvalue weighted by atomic mass is 19.3. The molecule has 122 valence electrons. The number of anilines is 1. The van der Waals surface area contributed by atoms with Crippen LogP contribution in [0.5, 0.6) is 5.75 Å². The van der Waals surface area contributed by atoms with E-state index in [1.54, 1.807) is 19.1 Å². The topological polar surface area (TPSA) is 59.4 Å². The number of hydrogen-bond acceptors (Lipinski definition) is 5. The normalized spacial score (nSPS) is 11.7. The van der Waals surface area contributed by atoms with Crippen LogP contribution in [0, 0.1) is 20.8 Å². The van der Waals surface area contributed by atoms with E-state index in [0.29, 0.717) is 17.2 Å². The van der Waals surface area contributed by atoms with Gasteiger partial charge in [-0.05, 0) is 45.9 Å². The van der Waals surface area contributed by atoms with Crippen molar-refractivity contribution in [3.63, 3.8) is 0 Å². The van der Waals surface area contributed by atoms with Crippen LogP contribution in [0.2, 0.25) is 0 Å². The van der Waals surface area contributed by atoms with Crippen LogP contribution in [0.1, 0.15) is 29.4 Å². The third-order valence-corrected chi connectivity index (χ3v) is 3.05. The van der Waals surface area contributed by atoms with Gasteiger partial charge in [-0.1, -0.05) is 11.6 Å². The second kappa shape index (κ2) is 7.13. The molecule has 0 atom stereocenters. The van der Waals surface area contributed by atoms with Crippen molar-refractivity contribution in [3.05, 3.63) is 46.8 Å². The zero-order valence-corrected chi connectivity index (χ0v) is 13.4. The third-order valence-electron chi connectivity index (χ3n) is 3.05. The maximum Gasteiger partial charge on any atom is 0.387 e. The predicted octanol–water partition coefficient (Wildman–Crippen LogP) is 3.84. The molecule has 0 aliphatic carbocycles. The molecule has 1 aromatic heterocycles. The van der Waals surface area contributed by atoms with Crippen LogP contribution in [0.15, 0.2) is 29.4 Å².